The van der Waals surface area contributed by atoms with Crippen molar-refractivity contribution in [2.75, 3.05) is 0 Å². The van der Waals surface area contributed by atoms with Crippen molar-refractivity contribution in [2.24, 2.45) is 0 Å². The highest BCUT2D eigenvalue weighted by Crippen LogP contribution is 2.21. The molecule has 7 heteroatoms. The third kappa shape index (κ3) is 2.95. The largest absolute Gasteiger partial charge is 0.341 e. The third-order valence-corrected chi connectivity index (χ3v) is 4.14. The topological polar surface area (TPSA) is 86.5 Å². The monoisotopic (exact) mass is 349 g/mol. The SMILES string of the molecule is C[C@@H](NC(=O)c1cc(-c2ccccc2F)n[nH]1)c1nc2ccccc2[nH]1. The number of aromatic amines is 2. The molecule has 3 N–H and O–H groups in total. The van der Waals surface area contributed by atoms with Gasteiger partial charge in [0.1, 0.15) is 17.3 Å². The highest BCUT2D eigenvalue weighted by Gasteiger charge is 2.17. The van der Waals surface area contributed by atoms with Gasteiger partial charge in [0.05, 0.1) is 22.8 Å². The van der Waals surface area contributed by atoms with E-state index in [2.05, 4.69) is 25.5 Å². The second-order valence-corrected chi connectivity index (χ2v) is 5.98. The minimum absolute atomic E-state index is 0.256. The van der Waals surface area contributed by atoms with Crippen molar-refractivity contribution in [1.82, 2.24) is 25.5 Å². The van der Waals surface area contributed by atoms with E-state index >= 15 is 0 Å². The molecule has 0 aliphatic carbocycles. The maximum Gasteiger partial charge on any atom is 0.269 e. The average Bonchev–Trinajstić information content (AvgIpc) is 3.29. The molecule has 26 heavy (non-hydrogen) atoms. The molecule has 2 heterocycles. The van der Waals surface area contributed by atoms with Gasteiger partial charge in [-0.05, 0) is 37.3 Å². The quantitative estimate of drug-likeness (QED) is 0.526. The summed E-state index contributed by atoms with van der Waals surface area (Å²) in [5.41, 5.74) is 2.72. The number of carbonyl (C=O) groups is 1. The minimum atomic E-state index is -0.387. The van der Waals surface area contributed by atoms with E-state index in [-0.39, 0.29) is 23.5 Å². The zero-order valence-electron chi connectivity index (χ0n) is 14.0. The molecule has 0 saturated carbocycles. The Labute approximate surface area is 148 Å². The Bertz CT molecular complexity index is 1050. The lowest BCUT2D eigenvalue weighted by Crippen LogP contribution is -2.27. The molecule has 0 aliphatic heterocycles. The molecule has 6 nitrogen and oxygen atoms in total. The van der Waals surface area contributed by atoms with Gasteiger partial charge in [0.15, 0.2) is 0 Å². The number of hydrogen-bond acceptors (Lipinski definition) is 3. The molecule has 4 aromatic rings. The molecule has 130 valence electrons. The number of rotatable bonds is 4. The highest BCUT2D eigenvalue weighted by atomic mass is 19.1. The van der Waals surface area contributed by atoms with Gasteiger partial charge in [0.2, 0.25) is 0 Å². The number of carbonyl (C=O) groups excluding carboxylic acids is 1. The fraction of sp³-hybridized carbons (Fsp3) is 0.105. The number of hydrogen-bond donors (Lipinski definition) is 3. The van der Waals surface area contributed by atoms with Crippen LogP contribution in [0, 0.1) is 5.82 Å². The van der Waals surface area contributed by atoms with Crippen molar-refractivity contribution in [3.8, 4) is 11.3 Å². The van der Waals surface area contributed by atoms with E-state index in [0.717, 1.165) is 11.0 Å². The predicted molar refractivity (Wildman–Crippen MR) is 96.0 cm³/mol. The Morgan fingerprint density at radius 1 is 1.15 bits per heavy atom. The van der Waals surface area contributed by atoms with Gasteiger partial charge in [-0.3, -0.25) is 9.89 Å². The lowest BCUT2D eigenvalue weighted by Gasteiger charge is -2.10. The van der Waals surface area contributed by atoms with Crippen LogP contribution < -0.4 is 5.32 Å². The molecule has 4 rings (SSSR count). The molecule has 0 fully saturated rings. The Balaban J connectivity index is 1.52. The highest BCUT2D eigenvalue weighted by molar-refractivity contribution is 5.93. The van der Waals surface area contributed by atoms with Crippen molar-refractivity contribution in [3.05, 3.63) is 71.9 Å². The van der Waals surface area contributed by atoms with Crippen LogP contribution in [0.25, 0.3) is 22.3 Å². The van der Waals surface area contributed by atoms with Gasteiger partial charge in [0, 0.05) is 5.56 Å². The second kappa shape index (κ2) is 6.44. The van der Waals surface area contributed by atoms with Crippen molar-refractivity contribution in [1.29, 1.82) is 0 Å². The molecular weight excluding hydrogens is 333 g/mol. The minimum Gasteiger partial charge on any atom is -0.341 e. The molecule has 1 atom stereocenters. The number of benzene rings is 2. The smallest absolute Gasteiger partial charge is 0.269 e. The summed E-state index contributed by atoms with van der Waals surface area (Å²) in [5, 5.41) is 9.54. The van der Waals surface area contributed by atoms with Crippen LogP contribution >= 0.6 is 0 Å². The first-order valence-electron chi connectivity index (χ1n) is 8.17. The van der Waals surface area contributed by atoms with E-state index in [1.165, 1.54) is 12.1 Å². The molecule has 0 bridgehead atoms. The second-order valence-electron chi connectivity index (χ2n) is 5.98. The van der Waals surface area contributed by atoms with Gasteiger partial charge in [-0.25, -0.2) is 9.37 Å². The molecule has 2 aromatic carbocycles. The van der Waals surface area contributed by atoms with Crippen LogP contribution in [0.3, 0.4) is 0 Å². The summed E-state index contributed by atoms with van der Waals surface area (Å²) >= 11 is 0. The van der Waals surface area contributed by atoms with Crippen LogP contribution in [-0.4, -0.2) is 26.1 Å². The zero-order valence-corrected chi connectivity index (χ0v) is 14.0. The van der Waals surface area contributed by atoms with Crippen LogP contribution in [0.4, 0.5) is 4.39 Å². The fourth-order valence-corrected chi connectivity index (χ4v) is 2.77. The molecule has 1 amide bonds. The Kier molecular flexibility index (Phi) is 3.96. The Morgan fingerprint density at radius 3 is 2.73 bits per heavy atom. The lowest BCUT2D eigenvalue weighted by atomic mass is 10.1. The first-order valence-corrected chi connectivity index (χ1v) is 8.17. The number of nitrogens with one attached hydrogen (secondary N) is 3. The number of para-hydroxylation sites is 2. The summed E-state index contributed by atoms with van der Waals surface area (Å²) in [6, 6.07) is 15.2. The van der Waals surface area contributed by atoms with E-state index in [0.29, 0.717) is 17.1 Å². The normalized spacial score (nSPS) is 12.2. The standard InChI is InChI=1S/C19H16FN5O/c1-11(18-22-14-8-4-5-9-15(14)23-18)21-19(26)17-10-16(24-25-17)12-6-2-3-7-13(12)20/h2-11H,1H3,(H,21,26)(H,22,23)(H,24,25)/t11-/m1/s1. The van der Waals surface area contributed by atoms with Gasteiger partial charge in [-0.1, -0.05) is 24.3 Å². The number of H-pyrrole nitrogens is 2. The molecule has 0 saturated heterocycles. The summed E-state index contributed by atoms with van der Waals surface area (Å²) < 4.78 is 13.9. The van der Waals surface area contributed by atoms with Gasteiger partial charge in [-0.2, -0.15) is 5.10 Å². The number of aromatic nitrogens is 4. The lowest BCUT2D eigenvalue weighted by molar-refractivity contribution is 0.0933. The average molecular weight is 349 g/mol. The Morgan fingerprint density at radius 2 is 1.92 bits per heavy atom. The van der Waals surface area contributed by atoms with E-state index in [1.54, 1.807) is 18.2 Å². The molecule has 2 aromatic heterocycles. The zero-order chi connectivity index (χ0) is 18.1. The fourth-order valence-electron chi connectivity index (χ4n) is 2.77. The van der Waals surface area contributed by atoms with Crippen LogP contribution in [0.5, 0.6) is 0 Å². The number of imidazole rings is 1. The van der Waals surface area contributed by atoms with E-state index in [9.17, 15) is 9.18 Å². The molecular formula is C19H16FN5O. The van der Waals surface area contributed by atoms with Crippen LogP contribution in [0.1, 0.15) is 29.3 Å². The summed E-state index contributed by atoms with van der Waals surface area (Å²) in [4.78, 5) is 20.1. The first kappa shape index (κ1) is 16.0. The summed E-state index contributed by atoms with van der Waals surface area (Å²) in [7, 11) is 0. The number of amides is 1. The molecule has 0 unspecified atom stereocenters. The summed E-state index contributed by atoms with van der Waals surface area (Å²) in [6.45, 7) is 1.84. The number of nitrogens with zero attached hydrogens (tertiary/aromatic N) is 2. The van der Waals surface area contributed by atoms with Gasteiger partial charge < -0.3 is 10.3 Å². The van der Waals surface area contributed by atoms with Crippen LogP contribution in [0.15, 0.2) is 54.6 Å². The van der Waals surface area contributed by atoms with Crippen molar-refractivity contribution >= 4 is 16.9 Å². The summed E-state index contributed by atoms with van der Waals surface area (Å²) in [5.74, 6) is -0.0666. The maximum atomic E-state index is 13.9. The third-order valence-electron chi connectivity index (χ3n) is 4.14. The molecule has 0 spiro atoms. The van der Waals surface area contributed by atoms with Gasteiger partial charge in [-0.15, -0.1) is 0 Å². The van der Waals surface area contributed by atoms with Crippen molar-refractivity contribution < 1.29 is 9.18 Å². The van der Waals surface area contributed by atoms with E-state index < -0.39 is 0 Å². The van der Waals surface area contributed by atoms with Gasteiger partial charge in [0.25, 0.3) is 5.91 Å². The summed E-state index contributed by atoms with van der Waals surface area (Å²) in [6.07, 6.45) is 0. The van der Waals surface area contributed by atoms with Crippen LogP contribution in [-0.2, 0) is 0 Å². The van der Waals surface area contributed by atoms with Crippen molar-refractivity contribution in [2.45, 2.75) is 13.0 Å². The van der Waals surface area contributed by atoms with Gasteiger partial charge >= 0.3 is 0 Å². The van der Waals surface area contributed by atoms with E-state index in [1.807, 2.05) is 31.2 Å². The molecule has 0 aliphatic rings. The van der Waals surface area contributed by atoms with Crippen molar-refractivity contribution in [3.63, 3.8) is 0 Å². The number of fused-ring (bicyclic) bond motifs is 1. The van der Waals surface area contributed by atoms with Crippen LogP contribution in [0.2, 0.25) is 0 Å². The van der Waals surface area contributed by atoms with E-state index in [4.69, 9.17) is 0 Å². The predicted octanol–water partition coefficient (Wildman–Crippen LogP) is 3.58. The molecule has 0 radical (unpaired) electrons. The maximum absolute atomic E-state index is 13.9. The number of halogens is 1. The Hall–Kier alpha value is -3.48. The first-order chi connectivity index (χ1) is 12.6.